The number of carbonyl (C=O) groups is 2. The average molecular weight is 345 g/mol. The van der Waals surface area contributed by atoms with Crippen LogP contribution in [0.5, 0.6) is 0 Å². The van der Waals surface area contributed by atoms with Gasteiger partial charge in [-0.1, -0.05) is 5.16 Å². The molecule has 3 rings (SSSR count). The molecule has 25 heavy (non-hydrogen) atoms. The largest absolute Gasteiger partial charge is 0.338 e. The lowest BCUT2D eigenvalue weighted by molar-refractivity contribution is -0.129. The smallest absolute Gasteiger partial charge is 0.234 e. The van der Waals surface area contributed by atoms with Gasteiger partial charge in [0.25, 0.3) is 0 Å². The van der Waals surface area contributed by atoms with Crippen molar-refractivity contribution in [3.8, 4) is 0 Å². The standard InChI is InChI=1S/C17H23N5O3/c1-6-22-14(23)7-12(15(22)13-8-18-21(5)11(13)4)16(24)19-17-9(2)10(3)20-25-17/h8,12,15H,6-7H2,1-5H3,(H,19,24)/t12-,15-/m0/s1. The van der Waals surface area contributed by atoms with Gasteiger partial charge in [0, 0.05) is 36.8 Å². The molecule has 1 fully saturated rings. The summed E-state index contributed by atoms with van der Waals surface area (Å²) in [4.78, 5) is 27.1. The summed E-state index contributed by atoms with van der Waals surface area (Å²) < 4.78 is 6.93. The molecule has 0 unspecified atom stereocenters. The summed E-state index contributed by atoms with van der Waals surface area (Å²) in [5, 5.41) is 10.9. The van der Waals surface area contributed by atoms with Crippen molar-refractivity contribution in [2.75, 3.05) is 11.9 Å². The van der Waals surface area contributed by atoms with Crippen molar-refractivity contribution in [3.63, 3.8) is 0 Å². The fourth-order valence-electron chi connectivity index (χ4n) is 3.33. The number of likely N-dealkylation sites (tertiary alicyclic amines) is 1. The first-order chi connectivity index (χ1) is 11.8. The fraction of sp³-hybridized carbons (Fsp3) is 0.529. The molecule has 2 aromatic rings. The van der Waals surface area contributed by atoms with Gasteiger partial charge in [-0.15, -0.1) is 0 Å². The van der Waals surface area contributed by atoms with Gasteiger partial charge in [0.15, 0.2) is 0 Å². The van der Waals surface area contributed by atoms with Crippen LogP contribution in [0.4, 0.5) is 5.88 Å². The number of anilines is 1. The molecule has 0 radical (unpaired) electrons. The minimum Gasteiger partial charge on any atom is -0.338 e. The molecule has 2 atom stereocenters. The van der Waals surface area contributed by atoms with E-state index in [1.54, 1.807) is 15.8 Å². The monoisotopic (exact) mass is 345 g/mol. The molecule has 1 saturated heterocycles. The van der Waals surface area contributed by atoms with Crippen molar-refractivity contribution in [1.82, 2.24) is 19.8 Å². The summed E-state index contributed by atoms with van der Waals surface area (Å²) in [5.41, 5.74) is 3.37. The lowest BCUT2D eigenvalue weighted by atomic mass is 9.93. The Hall–Kier alpha value is -2.64. The Bertz CT molecular complexity index is 822. The van der Waals surface area contributed by atoms with Gasteiger partial charge in [0.2, 0.25) is 17.7 Å². The lowest BCUT2D eigenvalue weighted by Gasteiger charge is -2.26. The first-order valence-electron chi connectivity index (χ1n) is 8.36. The fourth-order valence-corrected chi connectivity index (χ4v) is 3.33. The van der Waals surface area contributed by atoms with E-state index in [-0.39, 0.29) is 24.3 Å². The van der Waals surface area contributed by atoms with Gasteiger partial charge in [-0.05, 0) is 27.7 Å². The first kappa shape index (κ1) is 17.2. The van der Waals surface area contributed by atoms with Crippen molar-refractivity contribution in [2.45, 2.75) is 40.2 Å². The van der Waals surface area contributed by atoms with Gasteiger partial charge >= 0.3 is 0 Å². The second-order valence-electron chi connectivity index (χ2n) is 6.46. The van der Waals surface area contributed by atoms with Gasteiger partial charge in [0.1, 0.15) is 0 Å². The molecule has 0 aliphatic carbocycles. The molecule has 2 amide bonds. The zero-order chi connectivity index (χ0) is 18.3. The van der Waals surface area contributed by atoms with Crippen molar-refractivity contribution >= 4 is 17.7 Å². The minimum atomic E-state index is -0.500. The Morgan fingerprint density at radius 1 is 1.40 bits per heavy atom. The summed E-state index contributed by atoms with van der Waals surface area (Å²) in [5.74, 6) is -0.426. The highest BCUT2D eigenvalue weighted by Gasteiger charge is 2.45. The number of hydrogen-bond donors (Lipinski definition) is 1. The Morgan fingerprint density at radius 3 is 2.64 bits per heavy atom. The third-order valence-corrected chi connectivity index (χ3v) is 5.09. The van der Waals surface area contributed by atoms with Gasteiger partial charge in [-0.3, -0.25) is 19.6 Å². The van der Waals surface area contributed by atoms with E-state index in [1.807, 2.05) is 34.7 Å². The Morgan fingerprint density at radius 2 is 2.12 bits per heavy atom. The summed E-state index contributed by atoms with van der Waals surface area (Å²) in [6, 6.07) is -0.324. The van der Waals surface area contributed by atoms with E-state index < -0.39 is 5.92 Å². The molecular weight excluding hydrogens is 322 g/mol. The highest BCUT2D eigenvalue weighted by Crippen LogP contribution is 2.39. The zero-order valence-electron chi connectivity index (χ0n) is 15.2. The second kappa shape index (κ2) is 6.34. The van der Waals surface area contributed by atoms with Crippen LogP contribution in [0.3, 0.4) is 0 Å². The number of hydrogen-bond acceptors (Lipinski definition) is 5. The van der Waals surface area contributed by atoms with Crippen molar-refractivity contribution < 1.29 is 14.1 Å². The number of aryl methyl sites for hydroxylation is 2. The molecule has 1 aliphatic rings. The van der Waals surface area contributed by atoms with Crippen LogP contribution in [0.15, 0.2) is 10.7 Å². The maximum atomic E-state index is 12.9. The van der Waals surface area contributed by atoms with Crippen LogP contribution in [0.2, 0.25) is 0 Å². The zero-order valence-corrected chi connectivity index (χ0v) is 15.2. The van der Waals surface area contributed by atoms with Gasteiger partial charge in [0.05, 0.1) is 23.9 Å². The maximum Gasteiger partial charge on any atom is 0.234 e. The summed E-state index contributed by atoms with van der Waals surface area (Å²) >= 11 is 0. The lowest BCUT2D eigenvalue weighted by Crippen LogP contribution is -2.32. The molecule has 8 heteroatoms. The van der Waals surface area contributed by atoms with Crippen LogP contribution in [0, 0.1) is 26.7 Å². The van der Waals surface area contributed by atoms with Crippen LogP contribution in [0.25, 0.3) is 0 Å². The van der Waals surface area contributed by atoms with E-state index in [9.17, 15) is 9.59 Å². The molecular formula is C17H23N5O3. The van der Waals surface area contributed by atoms with Gasteiger partial charge < -0.3 is 9.42 Å². The average Bonchev–Trinajstić information content (AvgIpc) is 3.19. The number of carbonyl (C=O) groups excluding carboxylic acids is 2. The normalized spacial score (nSPS) is 20.4. The number of rotatable bonds is 4. The van der Waals surface area contributed by atoms with Gasteiger partial charge in [-0.2, -0.15) is 5.10 Å². The minimum absolute atomic E-state index is 0.0265. The summed E-state index contributed by atoms with van der Waals surface area (Å²) in [6.07, 6.45) is 1.91. The Kier molecular flexibility index (Phi) is 4.36. The number of aromatic nitrogens is 3. The predicted octanol–water partition coefficient (Wildman–Crippen LogP) is 1.88. The highest BCUT2D eigenvalue weighted by atomic mass is 16.5. The maximum absolute atomic E-state index is 12.9. The second-order valence-corrected chi connectivity index (χ2v) is 6.46. The van der Waals surface area contributed by atoms with E-state index in [1.165, 1.54) is 0 Å². The number of amides is 2. The van der Waals surface area contributed by atoms with Crippen molar-refractivity contribution in [2.24, 2.45) is 13.0 Å². The molecule has 2 aromatic heterocycles. The molecule has 0 aromatic carbocycles. The van der Waals surface area contributed by atoms with Gasteiger partial charge in [-0.25, -0.2) is 0 Å². The number of nitrogens with zero attached hydrogens (tertiary/aromatic N) is 4. The van der Waals surface area contributed by atoms with Crippen LogP contribution < -0.4 is 5.32 Å². The van der Waals surface area contributed by atoms with Crippen LogP contribution in [-0.2, 0) is 16.6 Å². The highest BCUT2D eigenvalue weighted by molar-refractivity contribution is 5.97. The van der Waals surface area contributed by atoms with Crippen molar-refractivity contribution in [1.29, 1.82) is 0 Å². The first-order valence-corrected chi connectivity index (χ1v) is 8.36. The van der Waals surface area contributed by atoms with Crippen LogP contribution >= 0.6 is 0 Å². The van der Waals surface area contributed by atoms with Crippen LogP contribution in [-0.4, -0.2) is 38.2 Å². The molecule has 0 bridgehead atoms. The molecule has 134 valence electrons. The quantitative estimate of drug-likeness (QED) is 0.913. The summed E-state index contributed by atoms with van der Waals surface area (Å²) in [7, 11) is 1.85. The third kappa shape index (κ3) is 2.81. The number of nitrogens with one attached hydrogen (secondary N) is 1. The Labute approximate surface area is 146 Å². The third-order valence-electron chi connectivity index (χ3n) is 5.09. The van der Waals surface area contributed by atoms with E-state index in [2.05, 4.69) is 15.6 Å². The van der Waals surface area contributed by atoms with E-state index in [0.29, 0.717) is 12.4 Å². The SMILES string of the molecule is CCN1C(=O)C[C@H](C(=O)Nc2onc(C)c2C)[C@H]1c1cnn(C)c1C. The van der Waals surface area contributed by atoms with E-state index >= 15 is 0 Å². The topological polar surface area (TPSA) is 93.3 Å². The van der Waals surface area contributed by atoms with Crippen LogP contribution in [0.1, 0.15) is 41.9 Å². The molecule has 3 heterocycles. The molecule has 8 nitrogen and oxygen atoms in total. The molecule has 0 saturated carbocycles. The van der Waals surface area contributed by atoms with E-state index in [4.69, 9.17) is 4.52 Å². The van der Waals surface area contributed by atoms with Crippen molar-refractivity contribution in [3.05, 3.63) is 28.7 Å². The molecule has 1 aliphatic heterocycles. The molecule has 0 spiro atoms. The predicted molar refractivity (Wildman–Crippen MR) is 90.8 cm³/mol. The summed E-state index contributed by atoms with van der Waals surface area (Å²) in [6.45, 7) is 8.05. The molecule has 1 N–H and O–H groups in total. The Balaban J connectivity index is 1.92. The van der Waals surface area contributed by atoms with E-state index in [0.717, 1.165) is 22.5 Å².